The molecule has 0 N–H and O–H groups in total. The van der Waals surface area contributed by atoms with Gasteiger partial charge in [0.05, 0.1) is 11.4 Å². The van der Waals surface area contributed by atoms with Crippen molar-refractivity contribution in [2.45, 2.75) is 19.5 Å². The van der Waals surface area contributed by atoms with Gasteiger partial charge in [0.25, 0.3) is 0 Å². The van der Waals surface area contributed by atoms with Crippen LogP contribution in [0.4, 0.5) is 17.1 Å². The minimum absolute atomic E-state index is 0.171. The lowest BCUT2D eigenvalue weighted by Gasteiger charge is -2.34. The van der Waals surface area contributed by atoms with Crippen molar-refractivity contribution in [1.29, 1.82) is 0 Å². The van der Waals surface area contributed by atoms with E-state index < -0.39 is 0 Å². The molecule has 0 spiro atoms. The number of para-hydroxylation sites is 3. The summed E-state index contributed by atoms with van der Waals surface area (Å²) in [7, 11) is 2.22. The van der Waals surface area contributed by atoms with Crippen LogP contribution in [-0.4, -0.2) is 7.05 Å². The van der Waals surface area contributed by atoms with E-state index in [0.29, 0.717) is 0 Å². The molecule has 1 aliphatic carbocycles. The Morgan fingerprint density at radius 3 is 2.38 bits per heavy atom. The molecule has 1 atom stereocenters. The number of allylic oxidation sites excluding steroid dienone is 1. The molecule has 0 radical (unpaired) electrons. The molecule has 1 unspecified atom stereocenters. The molecular formula is C24H22N2. The van der Waals surface area contributed by atoms with Gasteiger partial charge in [-0.2, -0.15) is 0 Å². The molecule has 3 aromatic rings. The van der Waals surface area contributed by atoms with Gasteiger partial charge in [0.15, 0.2) is 0 Å². The van der Waals surface area contributed by atoms with E-state index in [1.54, 1.807) is 0 Å². The summed E-state index contributed by atoms with van der Waals surface area (Å²) >= 11 is 0. The molecule has 0 saturated carbocycles. The van der Waals surface area contributed by atoms with E-state index in [4.69, 9.17) is 0 Å². The lowest BCUT2D eigenvalue weighted by atomic mass is 9.94. The van der Waals surface area contributed by atoms with Crippen LogP contribution >= 0.6 is 0 Å². The van der Waals surface area contributed by atoms with Gasteiger partial charge in [-0.05, 0) is 54.3 Å². The lowest BCUT2D eigenvalue weighted by molar-refractivity contribution is 0.706. The number of hydrogen-bond donors (Lipinski definition) is 0. The third-order valence-electron chi connectivity index (χ3n) is 5.66. The smallest absolute Gasteiger partial charge is 0.133 e. The van der Waals surface area contributed by atoms with Gasteiger partial charge in [0.1, 0.15) is 6.17 Å². The van der Waals surface area contributed by atoms with Gasteiger partial charge in [0, 0.05) is 18.3 Å². The van der Waals surface area contributed by atoms with Crippen molar-refractivity contribution in [3.63, 3.8) is 0 Å². The average Bonchev–Trinajstić information content (AvgIpc) is 3.26. The maximum Gasteiger partial charge on any atom is 0.133 e. The number of rotatable bonds is 2. The summed E-state index contributed by atoms with van der Waals surface area (Å²) in [4.78, 5) is 4.90. The molecule has 26 heavy (non-hydrogen) atoms. The zero-order valence-corrected chi connectivity index (χ0v) is 15.2. The van der Waals surface area contributed by atoms with Gasteiger partial charge >= 0.3 is 0 Å². The first-order valence-corrected chi connectivity index (χ1v) is 9.21. The fourth-order valence-electron chi connectivity index (χ4n) is 4.44. The summed E-state index contributed by atoms with van der Waals surface area (Å²) < 4.78 is 0. The number of nitrogens with zero attached hydrogens (tertiary/aromatic N) is 2. The molecule has 0 fully saturated rings. The summed E-state index contributed by atoms with van der Waals surface area (Å²) in [6.45, 7) is 2.24. The molecule has 0 bridgehead atoms. The predicted octanol–water partition coefficient (Wildman–Crippen LogP) is 5.85. The maximum atomic E-state index is 2.48. The minimum Gasteiger partial charge on any atom is -0.348 e. The number of anilines is 3. The van der Waals surface area contributed by atoms with Crippen LogP contribution in [0.3, 0.4) is 0 Å². The van der Waals surface area contributed by atoms with Crippen LogP contribution < -0.4 is 9.80 Å². The van der Waals surface area contributed by atoms with Gasteiger partial charge in [0.2, 0.25) is 0 Å². The molecule has 3 aromatic carbocycles. The van der Waals surface area contributed by atoms with Gasteiger partial charge in [-0.25, -0.2) is 0 Å². The molecule has 1 aliphatic heterocycles. The van der Waals surface area contributed by atoms with E-state index >= 15 is 0 Å². The minimum atomic E-state index is 0.171. The summed E-state index contributed by atoms with van der Waals surface area (Å²) in [6, 6.07) is 24.0. The Morgan fingerprint density at radius 1 is 0.846 bits per heavy atom. The molecule has 2 heteroatoms. The van der Waals surface area contributed by atoms with Gasteiger partial charge < -0.3 is 9.80 Å². The fraction of sp³-hybridized carbons (Fsp3) is 0.167. The fourth-order valence-corrected chi connectivity index (χ4v) is 4.44. The lowest BCUT2D eigenvalue weighted by Crippen LogP contribution is -2.32. The van der Waals surface area contributed by atoms with Crippen molar-refractivity contribution in [3.8, 4) is 0 Å². The second kappa shape index (κ2) is 5.77. The van der Waals surface area contributed by atoms with Gasteiger partial charge in [-0.1, -0.05) is 54.6 Å². The highest BCUT2D eigenvalue weighted by molar-refractivity contribution is 5.85. The van der Waals surface area contributed by atoms with Crippen LogP contribution in [0.1, 0.15) is 28.4 Å². The Hall–Kier alpha value is -3.00. The summed E-state index contributed by atoms with van der Waals surface area (Å²) in [6.07, 6.45) is 5.73. The SMILES string of the molecule is Cc1ccc2c(c1C1N(C)c3ccccc3N1c1ccccc1)CC=C2. The van der Waals surface area contributed by atoms with Crippen molar-refractivity contribution in [2.75, 3.05) is 16.8 Å². The van der Waals surface area contributed by atoms with Crippen LogP contribution in [0.15, 0.2) is 72.8 Å². The summed E-state index contributed by atoms with van der Waals surface area (Å²) in [5.74, 6) is 0. The van der Waals surface area contributed by atoms with Gasteiger partial charge in [-0.3, -0.25) is 0 Å². The summed E-state index contributed by atoms with van der Waals surface area (Å²) in [5.41, 5.74) is 9.42. The molecule has 2 nitrogen and oxygen atoms in total. The van der Waals surface area contributed by atoms with E-state index in [-0.39, 0.29) is 6.17 Å². The molecule has 2 aliphatic rings. The zero-order valence-electron chi connectivity index (χ0n) is 15.2. The first-order valence-electron chi connectivity index (χ1n) is 9.21. The molecule has 5 rings (SSSR count). The number of hydrogen-bond acceptors (Lipinski definition) is 2. The zero-order chi connectivity index (χ0) is 17.7. The Kier molecular flexibility index (Phi) is 3.39. The standard InChI is InChI=1S/C24H22N2/c1-17-15-16-18-9-8-12-20(18)23(17)24-25(2)21-13-6-7-14-22(21)26(24)19-10-4-3-5-11-19/h3-11,13-16,24H,12H2,1-2H3. The van der Waals surface area contributed by atoms with Crippen LogP contribution in [0.5, 0.6) is 0 Å². The molecule has 1 heterocycles. The Bertz CT molecular complexity index is 1000. The van der Waals surface area contributed by atoms with Crippen molar-refractivity contribution in [1.82, 2.24) is 0 Å². The van der Waals surface area contributed by atoms with E-state index in [2.05, 4.69) is 103 Å². The maximum absolute atomic E-state index is 2.48. The second-order valence-corrected chi connectivity index (χ2v) is 7.15. The molecule has 0 saturated heterocycles. The van der Waals surface area contributed by atoms with Crippen LogP contribution in [0, 0.1) is 6.92 Å². The molecule has 128 valence electrons. The molecule has 0 aromatic heterocycles. The largest absolute Gasteiger partial charge is 0.348 e. The number of aryl methyl sites for hydroxylation is 1. The van der Waals surface area contributed by atoms with Gasteiger partial charge in [-0.15, -0.1) is 0 Å². The van der Waals surface area contributed by atoms with Crippen molar-refractivity contribution in [3.05, 3.63) is 95.1 Å². The molecule has 0 amide bonds. The average molecular weight is 338 g/mol. The van der Waals surface area contributed by atoms with E-state index in [0.717, 1.165) is 6.42 Å². The van der Waals surface area contributed by atoms with E-state index in [1.165, 1.54) is 39.3 Å². The topological polar surface area (TPSA) is 6.48 Å². The van der Waals surface area contributed by atoms with E-state index in [9.17, 15) is 0 Å². The van der Waals surface area contributed by atoms with Crippen molar-refractivity contribution >= 4 is 23.1 Å². The van der Waals surface area contributed by atoms with Crippen LogP contribution in [0.2, 0.25) is 0 Å². The van der Waals surface area contributed by atoms with Crippen molar-refractivity contribution < 1.29 is 0 Å². The predicted molar refractivity (Wildman–Crippen MR) is 110 cm³/mol. The number of benzene rings is 3. The quantitative estimate of drug-likeness (QED) is 0.578. The third kappa shape index (κ3) is 2.12. The third-order valence-corrected chi connectivity index (χ3v) is 5.66. The highest BCUT2D eigenvalue weighted by atomic mass is 15.4. The summed E-state index contributed by atoms with van der Waals surface area (Å²) in [5, 5.41) is 0. The van der Waals surface area contributed by atoms with Crippen LogP contribution in [0.25, 0.3) is 6.08 Å². The Morgan fingerprint density at radius 2 is 1.58 bits per heavy atom. The van der Waals surface area contributed by atoms with Crippen molar-refractivity contribution in [2.24, 2.45) is 0 Å². The highest BCUT2D eigenvalue weighted by Gasteiger charge is 2.38. The van der Waals surface area contributed by atoms with Crippen LogP contribution in [-0.2, 0) is 6.42 Å². The first-order chi connectivity index (χ1) is 12.8. The molecular weight excluding hydrogens is 316 g/mol. The number of fused-ring (bicyclic) bond motifs is 2. The second-order valence-electron chi connectivity index (χ2n) is 7.15. The Labute approximate surface area is 155 Å². The normalized spacial score (nSPS) is 17.5. The first kappa shape index (κ1) is 15.3. The monoisotopic (exact) mass is 338 g/mol. The highest BCUT2D eigenvalue weighted by Crippen LogP contribution is 2.51. The Balaban J connectivity index is 1.75. The van der Waals surface area contributed by atoms with E-state index in [1.807, 2.05) is 0 Å².